The Morgan fingerprint density at radius 3 is 2.50 bits per heavy atom. The fourth-order valence-corrected chi connectivity index (χ4v) is 1.42. The third-order valence-electron chi connectivity index (χ3n) is 2.24. The van der Waals surface area contributed by atoms with Crippen molar-refractivity contribution in [2.45, 2.75) is 13.0 Å². The summed E-state index contributed by atoms with van der Waals surface area (Å²) in [5, 5.41) is 1.80. The average molecular weight is 194 g/mol. The van der Waals surface area contributed by atoms with E-state index in [1.54, 1.807) is 12.2 Å². The lowest BCUT2D eigenvalue weighted by Crippen LogP contribution is -2.17. The SMILES string of the molecule is CON(C)Cc1ccccc1CCN. The number of hydrogen-bond donors (Lipinski definition) is 1. The van der Waals surface area contributed by atoms with Gasteiger partial charge in [0.25, 0.3) is 0 Å². The van der Waals surface area contributed by atoms with E-state index in [0.717, 1.165) is 13.0 Å². The molecule has 1 rings (SSSR count). The summed E-state index contributed by atoms with van der Waals surface area (Å²) in [6.07, 6.45) is 0.924. The van der Waals surface area contributed by atoms with Crippen molar-refractivity contribution >= 4 is 0 Å². The molecule has 3 heteroatoms. The normalized spacial score (nSPS) is 10.9. The molecule has 0 radical (unpaired) electrons. The molecule has 3 nitrogen and oxygen atoms in total. The van der Waals surface area contributed by atoms with Gasteiger partial charge in [-0.25, -0.2) is 0 Å². The Balaban J connectivity index is 2.73. The zero-order chi connectivity index (χ0) is 10.4. The monoisotopic (exact) mass is 194 g/mol. The molecule has 0 amide bonds. The van der Waals surface area contributed by atoms with E-state index in [-0.39, 0.29) is 0 Å². The van der Waals surface area contributed by atoms with Crippen LogP contribution >= 0.6 is 0 Å². The van der Waals surface area contributed by atoms with Crippen molar-refractivity contribution < 1.29 is 4.84 Å². The van der Waals surface area contributed by atoms with Gasteiger partial charge in [0.2, 0.25) is 0 Å². The van der Waals surface area contributed by atoms with Gasteiger partial charge >= 0.3 is 0 Å². The predicted octanol–water partition coefficient (Wildman–Crippen LogP) is 1.18. The first-order chi connectivity index (χ1) is 6.77. The van der Waals surface area contributed by atoms with Crippen molar-refractivity contribution in [2.24, 2.45) is 5.73 Å². The fourth-order valence-electron chi connectivity index (χ4n) is 1.42. The molecule has 0 spiro atoms. The third kappa shape index (κ3) is 3.10. The van der Waals surface area contributed by atoms with Crippen LogP contribution in [0.2, 0.25) is 0 Å². The molecule has 0 fully saturated rings. The lowest BCUT2D eigenvalue weighted by molar-refractivity contribution is -0.116. The van der Waals surface area contributed by atoms with Crippen LogP contribution in [0.15, 0.2) is 24.3 Å². The van der Waals surface area contributed by atoms with Crippen LogP contribution < -0.4 is 5.73 Å². The maximum absolute atomic E-state index is 5.55. The van der Waals surface area contributed by atoms with Gasteiger partial charge in [-0.3, -0.25) is 0 Å². The van der Waals surface area contributed by atoms with Crippen molar-refractivity contribution in [3.63, 3.8) is 0 Å². The smallest absolute Gasteiger partial charge is 0.0575 e. The molecule has 14 heavy (non-hydrogen) atoms. The van der Waals surface area contributed by atoms with Crippen LogP contribution in [0.25, 0.3) is 0 Å². The predicted molar refractivity (Wildman–Crippen MR) is 57.7 cm³/mol. The second kappa shape index (κ2) is 5.75. The van der Waals surface area contributed by atoms with Crippen molar-refractivity contribution in [3.05, 3.63) is 35.4 Å². The molecule has 0 bridgehead atoms. The first-order valence-electron chi connectivity index (χ1n) is 4.80. The first-order valence-corrected chi connectivity index (χ1v) is 4.80. The van der Waals surface area contributed by atoms with Crippen LogP contribution in [-0.4, -0.2) is 25.8 Å². The Labute approximate surface area is 85.4 Å². The van der Waals surface area contributed by atoms with E-state index in [1.807, 2.05) is 19.2 Å². The van der Waals surface area contributed by atoms with Gasteiger partial charge in [-0.2, -0.15) is 5.06 Å². The summed E-state index contributed by atoms with van der Waals surface area (Å²) in [4.78, 5) is 5.09. The molecule has 0 aromatic heterocycles. The zero-order valence-electron chi connectivity index (χ0n) is 8.86. The maximum atomic E-state index is 5.55. The van der Waals surface area contributed by atoms with Crippen molar-refractivity contribution in [1.29, 1.82) is 0 Å². The van der Waals surface area contributed by atoms with Crippen molar-refractivity contribution in [3.8, 4) is 0 Å². The summed E-state index contributed by atoms with van der Waals surface area (Å²) in [6.45, 7) is 1.49. The molecule has 0 heterocycles. The Kier molecular flexibility index (Phi) is 4.59. The molecule has 1 aromatic rings. The molecular weight excluding hydrogens is 176 g/mol. The topological polar surface area (TPSA) is 38.5 Å². The number of benzene rings is 1. The van der Waals surface area contributed by atoms with Crippen LogP contribution in [0, 0.1) is 0 Å². The highest BCUT2D eigenvalue weighted by Crippen LogP contribution is 2.11. The van der Waals surface area contributed by atoms with E-state index in [0.29, 0.717) is 6.54 Å². The Bertz CT molecular complexity index is 276. The van der Waals surface area contributed by atoms with Crippen molar-refractivity contribution in [2.75, 3.05) is 20.7 Å². The minimum atomic E-state index is 0.688. The van der Waals surface area contributed by atoms with E-state index < -0.39 is 0 Å². The molecule has 0 atom stereocenters. The minimum Gasteiger partial charge on any atom is -0.330 e. The summed E-state index contributed by atoms with van der Waals surface area (Å²) in [6, 6.07) is 8.31. The van der Waals surface area contributed by atoms with Gasteiger partial charge in [0.1, 0.15) is 0 Å². The van der Waals surface area contributed by atoms with Gasteiger partial charge in [-0.05, 0) is 24.1 Å². The van der Waals surface area contributed by atoms with E-state index in [9.17, 15) is 0 Å². The highest BCUT2D eigenvalue weighted by Gasteiger charge is 2.03. The molecule has 2 N–H and O–H groups in total. The maximum Gasteiger partial charge on any atom is 0.0575 e. The van der Waals surface area contributed by atoms with Crippen LogP contribution in [0.1, 0.15) is 11.1 Å². The van der Waals surface area contributed by atoms with Crippen LogP contribution in [0.5, 0.6) is 0 Å². The van der Waals surface area contributed by atoms with Crippen molar-refractivity contribution in [1.82, 2.24) is 5.06 Å². The molecule has 0 aliphatic heterocycles. The van der Waals surface area contributed by atoms with E-state index >= 15 is 0 Å². The number of hydrogen-bond acceptors (Lipinski definition) is 3. The van der Waals surface area contributed by atoms with Gasteiger partial charge in [0, 0.05) is 13.6 Å². The molecule has 0 aliphatic rings. The second-order valence-corrected chi connectivity index (χ2v) is 3.28. The van der Waals surface area contributed by atoms with Gasteiger partial charge in [0.05, 0.1) is 7.11 Å². The summed E-state index contributed by atoms with van der Waals surface area (Å²) >= 11 is 0. The Hall–Kier alpha value is -0.900. The molecule has 1 aromatic carbocycles. The van der Waals surface area contributed by atoms with Gasteiger partial charge < -0.3 is 10.6 Å². The molecular formula is C11H18N2O. The van der Waals surface area contributed by atoms with Gasteiger partial charge in [-0.1, -0.05) is 24.3 Å². The third-order valence-corrected chi connectivity index (χ3v) is 2.24. The van der Waals surface area contributed by atoms with Crippen LogP contribution in [-0.2, 0) is 17.8 Å². The number of nitrogens with two attached hydrogens (primary N) is 1. The minimum absolute atomic E-state index is 0.688. The standard InChI is InChI=1S/C11H18N2O/c1-13(14-2)9-11-6-4-3-5-10(11)7-8-12/h3-6H,7-9,12H2,1-2H3. The van der Waals surface area contributed by atoms with Gasteiger partial charge in [-0.15, -0.1) is 0 Å². The number of nitrogens with zero attached hydrogens (tertiary/aromatic N) is 1. The summed E-state index contributed by atoms with van der Waals surface area (Å²) < 4.78 is 0. The number of hydroxylamine groups is 2. The Morgan fingerprint density at radius 2 is 1.93 bits per heavy atom. The Morgan fingerprint density at radius 1 is 1.29 bits per heavy atom. The largest absolute Gasteiger partial charge is 0.330 e. The lowest BCUT2D eigenvalue weighted by Gasteiger charge is -2.15. The molecule has 78 valence electrons. The zero-order valence-corrected chi connectivity index (χ0v) is 8.86. The molecule has 0 saturated heterocycles. The summed E-state index contributed by atoms with van der Waals surface area (Å²) in [5.41, 5.74) is 8.13. The quantitative estimate of drug-likeness (QED) is 0.715. The lowest BCUT2D eigenvalue weighted by atomic mass is 10.0. The molecule has 0 aliphatic carbocycles. The van der Waals surface area contributed by atoms with Crippen LogP contribution in [0.4, 0.5) is 0 Å². The van der Waals surface area contributed by atoms with E-state index in [1.165, 1.54) is 11.1 Å². The molecule has 0 saturated carbocycles. The number of rotatable bonds is 5. The highest BCUT2D eigenvalue weighted by atomic mass is 16.7. The molecule has 0 unspecified atom stereocenters. The fraction of sp³-hybridized carbons (Fsp3) is 0.455. The van der Waals surface area contributed by atoms with E-state index in [4.69, 9.17) is 10.6 Å². The van der Waals surface area contributed by atoms with Crippen LogP contribution in [0.3, 0.4) is 0 Å². The highest BCUT2D eigenvalue weighted by molar-refractivity contribution is 5.27. The second-order valence-electron chi connectivity index (χ2n) is 3.28. The summed E-state index contributed by atoms with van der Waals surface area (Å²) in [7, 11) is 3.59. The van der Waals surface area contributed by atoms with E-state index in [2.05, 4.69) is 12.1 Å². The summed E-state index contributed by atoms with van der Waals surface area (Å²) in [5.74, 6) is 0. The first kappa shape index (κ1) is 11.2. The van der Waals surface area contributed by atoms with Gasteiger partial charge in [0.15, 0.2) is 0 Å². The average Bonchev–Trinajstić information content (AvgIpc) is 2.21.